The minimum Gasteiger partial charge on any atom is -0.448 e. The van der Waals surface area contributed by atoms with Gasteiger partial charge in [0.05, 0.1) is 21.4 Å². The lowest BCUT2D eigenvalue weighted by atomic mass is 10.3. The molecule has 0 radical (unpaired) electrons. The van der Waals surface area contributed by atoms with Gasteiger partial charge in [-0.15, -0.1) is 11.3 Å². The van der Waals surface area contributed by atoms with Crippen LogP contribution >= 0.6 is 34.5 Å². The minimum absolute atomic E-state index is 0.0454. The predicted octanol–water partition coefficient (Wildman–Crippen LogP) is 4.56. The maximum absolute atomic E-state index is 12.5. The summed E-state index contributed by atoms with van der Waals surface area (Å²) in [5.74, 6) is 0.406. The Hall–Kier alpha value is -1.72. The summed E-state index contributed by atoms with van der Waals surface area (Å²) in [6.07, 6.45) is 0. The van der Waals surface area contributed by atoms with Crippen LogP contribution in [0.5, 0.6) is 0 Å². The fraction of sp³-hybridized carbons (Fsp3) is 0.0667. The first-order valence-electron chi connectivity index (χ1n) is 7.23. The van der Waals surface area contributed by atoms with Gasteiger partial charge in [0.25, 0.3) is 20.0 Å². The minimum atomic E-state index is -4.10. The molecule has 0 spiro atoms. The van der Waals surface area contributed by atoms with Crippen molar-refractivity contribution < 1.29 is 21.3 Å². The van der Waals surface area contributed by atoms with Crippen molar-refractivity contribution in [2.45, 2.75) is 16.2 Å². The summed E-state index contributed by atoms with van der Waals surface area (Å²) in [6.45, 7) is 1.60. The molecule has 2 aromatic heterocycles. The molecule has 0 amide bonds. The third-order valence-corrected chi connectivity index (χ3v) is 8.01. The van der Waals surface area contributed by atoms with Crippen molar-refractivity contribution in [2.24, 2.45) is 0 Å². The molecule has 0 unspecified atom stereocenters. The molecule has 1 aromatic carbocycles. The first kappa shape index (κ1) is 20.0. The molecule has 3 rings (SSSR count). The maximum atomic E-state index is 12.5. The second-order valence-electron chi connectivity index (χ2n) is 5.32. The molecule has 0 bridgehead atoms. The molecule has 0 saturated heterocycles. The van der Waals surface area contributed by atoms with Crippen LogP contribution in [0.4, 0.5) is 11.4 Å². The summed E-state index contributed by atoms with van der Waals surface area (Å²) in [5.41, 5.74) is -0.178. The molecule has 0 aliphatic rings. The van der Waals surface area contributed by atoms with Gasteiger partial charge in [0.2, 0.25) is 5.09 Å². The van der Waals surface area contributed by atoms with Gasteiger partial charge in [-0.05, 0) is 42.6 Å². The number of hydrogen-bond acceptors (Lipinski definition) is 6. The number of anilines is 2. The number of hydrogen-bond donors (Lipinski definition) is 2. The highest BCUT2D eigenvalue weighted by molar-refractivity contribution is 7.94. The number of nitrogens with one attached hydrogen (secondary N) is 2. The fourth-order valence-corrected chi connectivity index (χ4v) is 5.52. The Balaban J connectivity index is 2.02. The van der Waals surface area contributed by atoms with Gasteiger partial charge in [-0.2, -0.15) is 8.42 Å². The standard InChI is InChI=1S/C15H12Cl2N2O5S3/c1-9-4-5-14(24-9)26(20,21)18-12-7-10(16)11(17)8-13(12)19-27(22,23)15-3-2-6-25-15/h2-8,18-19H,1H3. The maximum Gasteiger partial charge on any atom is 0.295 e. The summed E-state index contributed by atoms with van der Waals surface area (Å²) in [4.78, 5) is 0. The van der Waals surface area contributed by atoms with E-state index in [2.05, 4.69) is 9.44 Å². The molecule has 0 saturated carbocycles. The quantitative estimate of drug-likeness (QED) is 0.553. The van der Waals surface area contributed by atoms with E-state index in [1.54, 1.807) is 18.4 Å². The number of thiophene rings is 1. The lowest BCUT2D eigenvalue weighted by Crippen LogP contribution is -2.17. The van der Waals surface area contributed by atoms with Gasteiger partial charge in [0.15, 0.2) is 0 Å². The Morgan fingerprint density at radius 1 is 0.926 bits per heavy atom. The molecular formula is C15H12Cl2N2O5S3. The topological polar surface area (TPSA) is 105 Å². The zero-order chi connectivity index (χ0) is 19.8. The zero-order valence-corrected chi connectivity index (χ0v) is 17.5. The van der Waals surface area contributed by atoms with Gasteiger partial charge in [-0.25, -0.2) is 8.42 Å². The van der Waals surface area contributed by atoms with Gasteiger partial charge in [-0.3, -0.25) is 9.44 Å². The van der Waals surface area contributed by atoms with Crippen LogP contribution < -0.4 is 9.44 Å². The van der Waals surface area contributed by atoms with Crippen molar-refractivity contribution in [1.29, 1.82) is 0 Å². The number of furan rings is 1. The van der Waals surface area contributed by atoms with E-state index in [1.807, 2.05) is 0 Å². The normalized spacial score (nSPS) is 12.1. The average Bonchev–Trinajstić information content (AvgIpc) is 3.23. The molecule has 0 fully saturated rings. The highest BCUT2D eigenvalue weighted by Gasteiger charge is 2.23. The van der Waals surface area contributed by atoms with Gasteiger partial charge in [0, 0.05) is 0 Å². The lowest BCUT2D eigenvalue weighted by Gasteiger charge is -2.14. The highest BCUT2D eigenvalue weighted by atomic mass is 35.5. The van der Waals surface area contributed by atoms with Crippen LogP contribution in [0.3, 0.4) is 0 Å². The van der Waals surface area contributed by atoms with E-state index in [9.17, 15) is 16.8 Å². The first-order valence-corrected chi connectivity index (χ1v) is 11.8. The second-order valence-corrected chi connectivity index (χ2v) is 10.6. The van der Waals surface area contributed by atoms with Crippen LogP contribution in [0.15, 0.2) is 55.5 Å². The molecule has 144 valence electrons. The summed E-state index contributed by atoms with van der Waals surface area (Å²) in [7, 11) is -8.03. The van der Waals surface area contributed by atoms with Crippen LogP contribution in [0.1, 0.15) is 5.76 Å². The van der Waals surface area contributed by atoms with Gasteiger partial charge in [0.1, 0.15) is 9.97 Å². The molecule has 7 nitrogen and oxygen atoms in total. The van der Waals surface area contributed by atoms with Crippen molar-refractivity contribution in [3.8, 4) is 0 Å². The van der Waals surface area contributed by atoms with Crippen LogP contribution in [-0.4, -0.2) is 16.8 Å². The number of aryl methyl sites for hydroxylation is 1. The van der Waals surface area contributed by atoms with Crippen LogP contribution in [0.25, 0.3) is 0 Å². The summed E-state index contributed by atoms with van der Waals surface area (Å²) >= 11 is 13.0. The molecule has 2 N–H and O–H groups in total. The van der Waals surface area contributed by atoms with Crippen molar-refractivity contribution in [3.05, 3.63) is 57.6 Å². The fourth-order valence-electron chi connectivity index (χ4n) is 2.08. The van der Waals surface area contributed by atoms with Crippen LogP contribution in [0, 0.1) is 6.92 Å². The highest BCUT2D eigenvalue weighted by Crippen LogP contribution is 2.35. The first-order chi connectivity index (χ1) is 12.6. The third-order valence-electron chi connectivity index (χ3n) is 3.29. The number of rotatable bonds is 6. The van der Waals surface area contributed by atoms with Crippen molar-refractivity contribution in [3.63, 3.8) is 0 Å². The molecule has 2 heterocycles. The molecule has 27 heavy (non-hydrogen) atoms. The van der Waals surface area contributed by atoms with E-state index >= 15 is 0 Å². The zero-order valence-electron chi connectivity index (χ0n) is 13.6. The predicted molar refractivity (Wildman–Crippen MR) is 106 cm³/mol. The number of benzene rings is 1. The Morgan fingerprint density at radius 2 is 1.52 bits per heavy atom. The number of halogens is 2. The summed E-state index contributed by atoms with van der Waals surface area (Å²) < 4.78 is 59.7. The van der Waals surface area contributed by atoms with Crippen LogP contribution in [0.2, 0.25) is 10.0 Å². The van der Waals surface area contributed by atoms with Crippen molar-refractivity contribution >= 4 is 66.0 Å². The molecule has 0 atom stereocenters. The Bertz CT molecular complexity index is 1190. The van der Waals surface area contributed by atoms with E-state index in [4.69, 9.17) is 27.6 Å². The van der Waals surface area contributed by atoms with E-state index in [0.717, 1.165) is 11.3 Å². The van der Waals surface area contributed by atoms with E-state index in [1.165, 1.54) is 30.3 Å². The monoisotopic (exact) mass is 466 g/mol. The lowest BCUT2D eigenvalue weighted by molar-refractivity contribution is 0.430. The van der Waals surface area contributed by atoms with Gasteiger partial charge in [-0.1, -0.05) is 29.3 Å². The van der Waals surface area contributed by atoms with E-state index < -0.39 is 20.0 Å². The molecule has 12 heteroatoms. The van der Waals surface area contributed by atoms with E-state index in [0.29, 0.717) is 5.76 Å². The third kappa shape index (κ3) is 4.41. The second kappa shape index (κ2) is 7.36. The largest absolute Gasteiger partial charge is 0.448 e. The molecule has 3 aromatic rings. The van der Waals surface area contributed by atoms with Crippen LogP contribution in [-0.2, 0) is 20.0 Å². The van der Waals surface area contributed by atoms with Crippen molar-refractivity contribution in [1.82, 2.24) is 0 Å². The number of sulfonamides is 2. The molecular weight excluding hydrogens is 455 g/mol. The average molecular weight is 467 g/mol. The SMILES string of the molecule is Cc1ccc(S(=O)(=O)Nc2cc(Cl)c(Cl)cc2NS(=O)(=O)c2cccs2)o1. The molecule has 0 aliphatic carbocycles. The van der Waals surface area contributed by atoms with Gasteiger partial charge < -0.3 is 4.42 Å². The Kier molecular flexibility index (Phi) is 5.46. The van der Waals surface area contributed by atoms with E-state index in [-0.39, 0.29) is 30.7 Å². The Labute approximate surface area is 170 Å². The van der Waals surface area contributed by atoms with Crippen molar-refractivity contribution in [2.75, 3.05) is 9.44 Å². The van der Waals surface area contributed by atoms with Gasteiger partial charge >= 0.3 is 0 Å². The Morgan fingerprint density at radius 3 is 2.00 bits per heavy atom. The molecule has 0 aliphatic heterocycles. The summed E-state index contributed by atoms with van der Waals surface area (Å²) in [5, 5.41) is 1.38. The smallest absolute Gasteiger partial charge is 0.295 e. The summed E-state index contributed by atoms with van der Waals surface area (Å²) in [6, 6.07) is 8.20.